The van der Waals surface area contributed by atoms with Gasteiger partial charge in [0.05, 0.1) is 5.41 Å². The second-order valence-corrected chi connectivity index (χ2v) is 14.6. The van der Waals surface area contributed by atoms with E-state index >= 15 is 0 Å². The molecule has 1 heteroatoms. The van der Waals surface area contributed by atoms with Crippen molar-refractivity contribution in [3.63, 3.8) is 0 Å². The van der Waals surface area contributed by atoms with E-state index in [-0.39, 0.29) is 0 Å². The van der Waals surface area contributed by atoms with E-state index < -0.39 is 5.41 Å². The number of rotatable bonds is 2. The van der Waals surface area contributed by atoms with Gasteiger partial charge < -0.3 is 0 Å². The number of hydrogen-bond acceptors (Lipinski definition) is 1. The summed E-state index contributed by atoms with van der Waals surface area (Å²) in [7, 11) is 0. The van der Waals surface area contributed by atoms with Gasteiger partial charge in [-0.25, -0.2) is 0 Å². The second-order valence-electron chi connectivity index (χ2n) is 13.6. The number of fused-ring (bicyclic) bond motifs is 12. The molecule has 232 valence electrons. The fourth-order valence-corrected chi connectivity index (χ4v) is 10.3. The molecule has 1 aliphatic carbocycles. The first-order chi connectivity index (χ1) is 24.8. The Balaban J connectivity index is 1.24. The highest BCUT2D eigenvalue weighted by Gasteiger charge is 2.50. The zero-order valence-electron chi connectivity index (χ0n) is 27.2. The molecular formula is C49H30S. The highest BCUT2D eigenvalue weighted by molar-refractivity contribution is 7.99. The molecule has 1 heterocycles. The van der Waals surface area contributed by atoms with Gasteiger partial charge in [-0.1, -0.05) is 169 Å². The molecule has 11 rings (SSSR count). The third kappa shape index (κ3) is 3.73. The summed E-state index contributed by atoms with van der Waals surface area (Å²) in [5.41, 5.74) is 12.8. The minimum atomic E-state index is -0.406. The average Bonchev–Trinajstić information content (AvgIpc) is 3.46. The molecule has 2 aliphatic rings. The largest absolute Gasteiger partial charge is 0.0894 e. The van der Waals surface area contributed by atoms with Crippen LogP contribution in [0.15, 0.2) is 192 Å². The lowest BCUT2D eigenvalue weighted by Crippen LogP contribution is -2.31. The standard InChI is InChI=1S/C49H30S/c1-2-14-32-29-33(26-25-31(32)13-1)47-37-16-3-5-18-39(37)48(40-19-6-4-17-38(40)47)34-27-28-36-35-15-7-8-20-41(35)49(44(36)30-34)42-21-9-11-23-45(42)50-46-24-12-10-22-43(46)49/h1-30H. The zero-order valence-corrected chi connectivity index (χ0v) is 28.0. The first-order valence-corrected chi connectivity index (χ1v) is 18.2. The van der Waals surface area contributed by atoms with Crippen molar-refractivity contribution in [2.45, 2.75) is 15.2 Å². The molecule has 0 N–H and O–H groups in total. The molecule has 0 saturated heterocycles. The maximum absolute atomic E-state index is 2.53. The highest BCUT2D eigenvalue weighted by atomic mass is 32.2. The fourth-order valence-electron chi connectivity index (χ4n) is 9.10. The molecule has 0 amide bonds. The van der Waals surface area contributed by atoms with Crippen molar-refractivity contribution in [3.8, 4) is 33.4 Å². The van der Waals surface area contributed by atoms with Gasteiger partial charge in [0.15, 0.2) is 0 Å². The Bertz CT molecular complexity index is 2760. The molecule has 0 nitrogen and oxygen atoms in total. The normalized spacial score (nSPS) is 13.7. The van der Waals surface area contributed by atoms with Gasteiger partial charge in [0, 0.05) is 9.79 Å². The van der Waals surface area contributed by atoms with Gasteiger partial charge >= 0.3 is 0 Å². The molecule has 1 spiro atoms. The molecule has 0 unspecified atom stereocenters. The van der Waals surface area contributed by atoms with E-state index in [0.29, 0.717) is 0 Å². The van der Waals surface area contributed by atoms with E-state index in [9.17, 15) is 0 Å². The van der Waals surface area contributed by atoms with E-state index in [2.05, 4.69) is 182 Å². The predicted octanol–water partition coefficient (Wildman–Crippen LogP) is 13.3. The maximum Gasteiger partial charge on any atom is 0.0735 e. The van der Waals surface area contributed by atoms with Gasteiger partial charge in [-0.3, -0.25) is 0 Å². The Morgan fingerprint density at radius 3 is 1.42 bits per heavy atom. The molecule has 9 aromatic rings. The van der Waals surface area contributed by atoms with Crippen LogP contribution in [0.2, 0.25) is 0 Å². The van der Waals surface area contributed by atoms with E-state index in [1.807, 2.05) is 11.8 Å². The lowest BCUT2D eigenvalue weighted by Gasteiger charge is -2.39. The SMILES string of the molecule is c1ccc2c(c1)Sc1ccccc1C21c2ccccc2-c2ccc(-c3c4ccccc4c(-c4ccc5ccccc5c4)c4ccccc34)cc21. The molecule has 0 bridgehead atoms. The van der Waals surface area contributed by atoms with Gasteiger partial charge in [-0.05, 0) is 112 Å². The van der Waals surface area contributed by atoms with Crippen molar-refractivity contribution in [3.05, 3.63) is 204 Å². The summed E-state index contributed by atoms with van der Waals surface area (Å²) in [5.74, 6) is 0. The van der Waals surface area contributed by atoms with Gasteiger partial charge in [0.2, 0.25) is 0 Å². The van der Waals surface area contributed by atoms with Gasteiger partial charge in [-0.2, -0.15) is 0 Å². The smallest absolute Gasteiger partial charge is 0.0735 e. The van der Waals surface area contributed by atoms with E-state index in [1.54, 1.807) is 0 Å². The summed E-state index contributed by atoms with van der Waals surface area (Å²) >= 11 is 1.90. The quantitative estimate of drug-likeness (QED) is 0.168. The molecule has 1 aliphatic heterocycles. The van der Waals surface area contributed by atoms with Crippen LogP contribution in [0.5, 0.6) is 0 Å². The second kappa shape index (κ2) is 10.6. The van der Waals surface area contributed by atoms with Crippen LogP contribution in [0.1, 0.15) is 22.3 Å². The Kier molecular flexibility index (Phi) is 5.91. The summed E-state index contributed by atoms with van der Waals surface area (Å²) in [4.78, 5) is 2.66. The highest BCUT2D eigenvalue weighted by Crippen LogP contribution is 2.62. The lowest BCUT2D eigenvalue weighted by molar-refractivity contribution is 0.722. The van der Waals surface area contributed by atoms with Crippen molar-refractivity contribution in [2.24, 2.45) is 0 Å². The van der Waals surface area contributed by atoms with Gasteiger partial charge in [0.25, 0.3) is 0 Å². The Morgan fingerprint density at radius 2 is 0.780 bits per heavy atom. The van der Waals surface area contributed by atoms with Crippen molar-refractivity contribution in [1.29, 1.82) is 0 Å². The summed E-state index contributed by atoms with van der Waals surface area (Å²) in [5, 5.41) is 7.63. The monoisotopic (exact) mass is 650 g/mol. The fraction of sp³-hybridized carbons (Fsp3) is 0.0204. The van der Waals surface area contributed by atoms with Crippen LogP contribution in [0.4, 0.5) is 0 Å². The van der Waals surface area contributed by atoms with Crippen LogP contribution in [-0.4, -0.2) is 0 Å². The topological polar surface area (TPSA) is 0 Å². The maximum atomic E-state index is 2.53. The van der Waals surface area contributed by atoms with Crippen LogP contribution in [0, 0.1) is 0 Å². The molecule has 0 atom stereocenters. The first kappa shape index (κ1) is 28.0. The molecule has 50 heavy (non-hydrogen) atoms. The minimum absolute atomic E-state index is 0.406. The molecule has 0 fully saturated rings. The Morgan fingerprint density at radius 1 is 0.320 bits per heavy atom. The van der Waals surface area contributed by atoms with Gasteiger partial charge in [-0.15, -0.1) is 0 Å². The van der Waals surface area contributed by atoms with Crippen molar-refractivity contribution < 1.29 is 0 Å². The number of benzene rings is 9. The van der Waals surface area contributed by atoms with Crippen LogP contribution >= 0.6 is 11.8 Å². The van der Waals surface area contributed by atoms with E-state index in [1.165, 1.54) is 97.7 Å². The molecule has 0 saturated carbocycles. The molecule has 0 aromatic heterocycles. The summed E-state index contributed by atoms with van der Waals surface area (Å²) < 4.78 is 0. The lowest BCUT2D eigenvalue weighted by atomic mass is 9.67. The Hall–Kier alpha value is -5.89. The van der Waals surface area contributed by atoms with E-state index in [4.69, 9.17) is 0 Å². The Labute approximate surface area is 295 Å². The molecular weight excluding hydrogens is 621 g/mol. The third-order valence-electron chi connectivity index (χ3n) is 11.1. The summed E-state index contributed by atoms with van der Waals surface area (Å²) in [6, 6.07) is 68.1. The van der Waals surface area contributed by atoms with Crippen LogP contribution in [0.25, 0.3) is 65.7 Å². The van der Waals surface area contributed by atoms with Crippen molar-refractivity contribution in [2.75, 3.05) is 0 Å². The predicted molar refractivity (Wildman–Crippen MR) is 211 cm³/mol. The summed E-state index contributed by atoms with van der Waals surface area (Å²) in [6.45, 7) is 0. The van der Waals surface area contributed by atoms with Crippen LogP contribution < -0.4 is 0 Å². The summed E-state index contributed by atoms with van der Waals surface area (Å²) in [6.07, 6.45) is 0. The van der Waals surface area contributed by atoms with Crippen molar-refractivity contribution >= 4 is 44.1 Å². The number of hydrogen-bond donors (Lipinski definition) is 0. The minimum Gasteiger partial charge on any atom is -0.0894 e. The van der Waals surface area contributed by atoms with Gasteiger partial charge in [0.1, 0.15) is 0 Å². The molecule has 9 aromatic carbocycles. The van der Waals surface area contributed by atoms with Crippen LogP contribution in [0.3, 0.4) is 0 Å². The third-order valence-corrected chi connectivity index (χ3v) is 12.3. The van der Waals surface area contributed by atoms with Crippen molar-refractivity contribution in [1.82, 2.24) is 0 Å². The average molecular weight is 651 g/mol. The first-order valence-electron chi connectivity index (χ1n) is 17.3. The van der Waals surface area contributed by atoms with E-state index in [0.717, 1.165) is 0 Å². The zero-order chi connectivity index (χ0) is 32.8. The van der Waals surface area contributed by atoms with Crippen LogP contribution in [-0.2, 0) is 5.41 Å². The molecule has 0 radical (unpaired) electrons.